The molecule has 0 unspecified atom stereocenters. The Bertz CT molecular complexity index is 696. The highest BCUT2D eigenvalue weighted by Crippen LogP contribution is 2.33. The number of fused-ring (bicyclic) bond motifs is 1. The second-order valence-electron chi connectivity index (χ2n) is 5.63. The fourth-order valence-electron chi connectivity index (χ4n) is 2.63. The molecule has 4 nitrogen and oxygen atoms in total. The zero-order chi connectivity index (χ0) is 17.2. The van der Waals surface area contributed by atoms with E-state index in [4.69, 9.17) is 9.47 Å². The van der Waals surface area contributed by atoms with Crippen molar-refractivity contribution in [2.75, 3.05) is 25.6 Å². The molecule has 1 saturated heterocycles. The largest absolute Gasteiger partial charge is 0.416 e. The normalized spacial score (nSPS) is 19.1. The van der Waals surface area contributed by atoms with Crippen molar-refractivity contribution in [1.29, 1.82) is 0 Å². The van der Waals surface area contributed by atoms with Crippen molar-refractivity contribution in [3.05, 3.63) is 23.8 Å². The zero-order valence-electron chi connectivity index (χ0n) is 13.3. The standard InChI is InChI=1S/C16H19F3N2O2S/c1-2-5-21-14-8-11(16(17,18)19)3-4-13(14)20-15(21)24-10-12-9-22-6-7-23-12/h3-4,8,12H,2,5-7,9-10H2,1H3/t12-/m1/s1. The number of nitrogens with zero attached hydrogens (tertiary/aromatic N) is 2. The monoisotopic (exact) mass is 360 g/mol. The highest BCUT2D eigenvalue weighted by Gasteiger charge is 2.31. The SMILES string of the molecule is CCCn1c(SC[C@H]2COCCO2)nc2ccc(C(F)(F)F)cc21. The van der Waals surface area contributed by atoms with E-state index in [1.165, 1.54) is 23.9 Å². The molecule has 1 aromatic carbocycles. The Hall–Kier alpha value is -1.25. The molecule has 0 spiro atoms. The fourth-order valence-corrected chi connectivity index (χ4v) is 3.66. The molecule has 1 fully saturated rings. The first-order valence-corrected chi connectivity index (χ1v) is 8.87. The first kappa shape index (κ1) is 17.6. The van der Waals surface area contributed by atoms with Crippen LogP contribution in [0.15, 0.2) is 23.4 Å². The number of rotatable bonds is 5. The third kappa shape index (κ3) is 3.87. The van der Waals surface area contributed by atoms with Crippen molar-refractivity contribution < 1.29 is 22.6 Å². The van der Waals surface area contributed by atoms with Gasteiger partial charge in [-0.15, -0.1) is 0 Å². The average molecular weight is 360 g/mol. The van der Waals surface area contributed by atoms with Gasteiger partial charge in [-0.3, -0.25) is 0 Å². The lowest BCUT2D eigenvalue weighted by molar-refractivity contribution is -0.137. The van der Waals surface area contributed by atoms with E-state index in [0.29, 0.717) is 43.2 Å². The molecule has 0 bridgehead atoms. The predicted molar refractivity (Wildman–Crippen MR) is 86.3 cm³/mol. The van der Waals surface area contributed by atoms with E-state index in [0.717, 1.165) is 17.6 Å². The lowest BCUT2D eigenvalue weighted by atomic mass is 10.2. The number of hydrogen-bond acceptors (Lipinski definition) is 4. The molecular formula is C16H19F3N2O2S. The molecule has 2 aromatic rings. The Kier molecular flexibility index (Phi) is 5.36. The van der Waals surface area contributed by atoms with Gasteiger partial charge in [0.15, 0.2) is 5.16 Å². The van der Waals surface area contributed by atoms with Gasteiger partial charge in [0.1, 0.15) is 0 Å². The van der Waals surface area contributed by atoms with Crippen LogP contribution in [0.1, 0.15) is 18.9 Å². The molecule has 1 atom stereocenters. The lowest BCUT2D eigenvalue weighted by Crippen LogP contribution is -2.30. The van der Waals surface area contributed by atoms with Gasteiger partial charge in [-0.25, -0.2) is 4.98 Å². The minimum atomic E-state index is -4.35. The minimum absolute atomic E-state index is 0.00984. The fraction of sp³-hybridized carbons (Fsp3) is 0.562. The Morgan fingerprint density at radius 3 is 2.83 bits per heavy atom. The van der Waals surface area contributed by atoms with Crippen molar-refractivity contribution in [2.45, 2.75) is 37.3 Å². The summed E-state index contributed by atoms with van der Waals surface area (Å²) in [6.45, 7) is 4.34. The van der Waals surface area contributed by atoms with Crippen LogP contribution in [0.5, 0.6) is 0 Å². The van der Waals surface area contributed by atoms with Crippen LogP contribution in [0, 0.1) is 0 Å². The van der Waals surface area contributed by atoms with Crippen LogP contribution in [0.4, 0.5) is 13.2 Å². The highest BCUT2D eigenvalue weighted by atomic mass is 32.2. The Morgan fingerprint density at radius 2 is 2.17 bits per heavy atom. The van der Waals surface area contributed by atoms with Gasteiger partial charge < -0.3 is 14.0 Å². The van der Waals surface area contributed by atoms with Crippen LogP contribution in [-0.4, -0.2) is 41.2 Å². The van der Waals surface area contributed by atoms with E-state index < -0.39 is 11.7 Å². The number of thioether (sulfide) groups is 1. The van der Waals surface area contributed by atoms with Crippen LogP contribution in [0.2, 0.25) is 0 Å². The number of imidazole rings is 1. The number of aromatic nitrogens is 2. The Balaban J connectivity index is 1.87. The van der Waals surface area contributed by atoms with Gasteiger partial charge in [0.2, 0.25) is 0 Å². The van der Waals surface area contributed by atoms with E-state index >= 15 is 0 Å². The Morgan fingerprint density at radius 1 is 1.33 bits per heavy atom. The number of aryl methyl sites for hydroxylation is 1. The maximum Gasteiger partial charge on any atom is 0.416 e. The van der Waals surface area contributed by atoms with Crippen molar-refractivity contribution in [3.63, 3.8) is 0 Å². The second kappa shape index (κ2) is 7.33. The van der Waals surface area contributed by atoms with Gasteiger partial charge in [-0.1, -0.05) is 18.7 Å². The van der Waals surface area contributed by atoms with Gasteiger partial charge in [0.25, 0.3) is 0 Å². The molecule has 1 aliphatic rings. The maximum atomic E-state index is 13.0. The van der Waals surface area contributed by atoms with E-state index in [2.05, 4.69) is 4.98 Å². The molecule has 0 amide bonds. The summed E-state index contributed by atoms with van der Waals surface area (Å²) in [5, 5.41) is 0.723. The van der Waals surface area contributed by atoms with Crippen molar-refractivity contribution in [2.24, 2.45) is 0 Å². The smallest absolute Gasteiger partial charge is 0.376 e. The minimum Gasteiger partial charge on any atom is -0.376 e. The predicted octanol–water partition coefficient (Wildman–Crippen LogP) is 3.97. The van der Waals surface area contributed by atoms with Gasteiger partial charge >= 0.3 is 6.18 Å². The summed E-state index contributed by atoms with van der Waals surface area (Å²) in [7, 11) is 0. The number of hydrogen-bond donors (Lipinski definition) is 0. The topological polar surface area (TPSA) is 36.3 Å². The molecule has 0 aliphatic carbocycles. The lowest BCUT2D eigenvalue weighted by Gasteiger charge is -2.22. The molecule has 0 N–H and O–H groups in total. The van der Waals surface area contributed by atoms with Crippen molar-refractivity contribution in [3.8, 4) is 0 Å². The molecule has 1 aliphatic heterocycles. The van der Waals surface area contributed by atoms with Gasteiger partial charge in [0.05, 0.1) is 42.5 Å². The summed E-state index contributed by atoms with van der Waals surface area (Å²) in [5.41, 5.74) is 0.461. The molecule has 2 heterocycles. The first-order chi connectivity index (χ1) is 11.5. The molecule has 8 heteroatoms. The van der Waals surface area contributed by atoms with E-state index in [1.54, 1.807) is 0 Å². The third-order valence-electron chi connectivity index (χ3n) is 3.77. The maximum absolute atomic E-state index is 13.0. The summed E-state index contributed by atoms with van der Waals surface area (Å²) < 4.78 is 51.7. The van der Waals surface area contributed by atoms with E-state index in [9.17, 15) is 13.2 Å². The third-order valence-corrected chi connectivity index (χ3v) is 4.88. The van der Waals surface area contributed by atoms with Gasteiger partial charge in [-0.2, -0.15) is 13.2 Å². The van der Waals surface area contributed by atoms with Gasteiger partial charge in [-0.05, 0) is 24.6 Å². The molecule has 0 radical (unpaired) electrons. The van der Waals surface area contributed by atoms with Crippen LogP contribution in [-0.2, 0) is 22.2 Å². The molecule has 3 rings (SSSR count). The van der Waals surface area contributed by atoms with Crippen LogP contribution >= 0.6 is 11.8 Å². The average Bonchev–Trinajstić information content (AvgIpc) is 2.91. The number of benzene rings is 1. The van der Waals surface area contributed by atoms with E-state index in [1.807, 2.05) is 11.5 Å². The molecule has 0 saturated carbocycles. The number of ether oxygens (including phenoxy) is 2. The molecule has 24 heavy (non-hydrogen) atoms. The van der Waals surface area contributed by atoms with Gasteiger partial charge in [0, 0.05) is 12.3 Å². The zero-order valence-corrected chi connectivity index (χ0v) is 14.1. The van der Waals surface area contributed by atoms with Crippen molar-refractivity contribution in [1.82, 2.24) is 9.55 Å². The molecule has 1 aromatic heterocycles. The Labute approximate surface area is 142 Å². The summed E-state index contributed by atoms with van der Waals surface area (Å²) >= 11 is 1.50. The molecular weight excluding hydrogens is 341 g/mol. The first-order valence-electron chi connectivity index (χ1n) is 7.88. The number of alkyl halides is 3. The van der Waals surface area contributed by atoms with Crippen LogP contribution in [0.3, 0.4) is 0 Å². The highest BCUT2D eigenvalue weighted by molar-refractivity contribution is 7.99. The molecule has 132 valence electrons. The van der Waals surface area contributed by atoms with Crippen LogP contribution < -0.4 is 0 Å². The summed E-state index contributed by atoms with van der Waals surface area (Å²) in [4.78, 5) is 4.50. The number of halogens is 3. The van der Waals surface area contributed by atoms with Crippen LogP contribution in [0.25, 0.3) is 11.0 Å². The van der Waals surface area contributed by atoms with Crippen molar-refractivity contribution >= 4 is 22.8 Å². The second-order valence-corrected chi connectivity index (χ2v) is 6.61. The van der Waals surface area contributed by atoms with E-state index in [-0.39, 0.29) is 6.10 Å². The quantitative estimate of drug-likeness (QED) is 0.756. The summed E-state index contributed by atoms with van der Waals surface area (Å²) in [5.74, 6) is 0.666. The summed E-state index contributed by atoms with van der Waals surface area (Å²) in [6, 6.07) is 3.70. The summed E-state index contributed by atoms with van der Waals surface area (Å²) in [6.07, 6.45) is -3.54.